The number of benzene rings is 1. The molecule has 0 radical (unpaired) electrons. The first-order chi connectivity index (χ1) is 11.7. The van der Waals surface area contributed by atoms with E-state index >= 15 is 0 Å². The highest BCUT2D eigenvalue weighted by molar-refractivity contribution is 7.20. The molecule has 5 nitrogen and oxygen atoms in total. The van der Waals surface area contributed by atoms with E-state index in [4.69, 9.17) is 26.4 Å². The molecule has 1 saturated heterocycles. The largest absolute Gasteiger partial charge is 0.384 e. The van der Waals surface area contributed by atoms with E-state index in [2.05, 4.69) is 4.90 Å². The van der Waals surface area contributed by atoms with Crippen LogP contribution in [0.3, 0.4) is 0 Å². The van der Waals surface area contributed by atoms with E-state index in [1.54, 1.807) is 18.4 Å². The van der Waals surface area contributed by atoms with E-state index in [1.165, 1.54) is 0 Å². The van der Waals surface area contributed by atoms with Gasteiger partial charge in [-0.1, -0.05) is 35.1 Å². The summed E-state index contributed by atoms with van der Waals surface area (Å²) in [5.41, 5.74) is 1.98. The maximum atomic E-state index is 5.94. The zero-order chi connectivity index (χ0) is 16.5. The van der Waals surface area contributed by atoms with Crippen molar-refractivity contribution in [2.45, 2.75) is 12.8 Å². The van der Waals surface area contributed by atoms with Gasteiger partial charge in [0.25, 0.3) is 0 Å². The zero-order valence-corrected chi connectivity index (χ0v) is 15.1. The highest BCUT2D eigenvalue weighted by Gasteiger charge is 2.22. The molecule has 0 aliphatic carbocycles. The Kier molecular flexibility index (Phi) is 4.43. The predicted molar refractivity (Wildman–Crippen MR) is 98.1 cm³/mol. The summed E-state index contributed by atoms with van der Waals surface area (Å²) in [6.07, 6.45) is 4.30. The van der Waals surface area contributed by atoms with Gasteiger partial charge in [0.1, 0.15) is 0 Å². The number of halogens is 1. The standard InChI is InChI=1S/C17H19ClN4OS/c1-23-11-12-6-8-21(9-7-12)17-20-22-10-15(19-16(22)24-17)13-2-4-14(18)5-3-13/h2-5,10,12H,6-9,11H2,1H3. The number of aromatic nitrogens is 3. The number of anilines is 1. The first-order valence-corrected chi connectivity index (χ1v) is 9.28. The first-order valence-electron chi connectivity index (χ1n) is 8.09. The molecule has 3 heterocycles. The van der Waals surface area contributed by atoms with Gasteiger partial charge in [0.05, 0.1) is 11.9 Å². The molecule has 1 aromatic carbocycles. The Morgan fingerprint density at radius 3 is 2.67 bits per heavy atom. The Labute approximate surface area is 149 Å². The Morgan fingerprint density at radius 2 is 2.00 bits per heavy atom. The lowest BCUT2D eigenvalue weighted by Crippen LogP contribution is -2.34. The van der Waals surface area contributed by atoms with Gasteiger partial charge in [-0.3, -0.25) is 0 Å². The van der Waals surface area contributed by atoms with E-state index in [0.717, 1.165) is 58.9 Å². The van der Waals surface area contributed by atoms with Crippen molar-refractivity contribution in [1.29, 1.82) is 0 Å². The molecule has 0 N–H and O–H groups in total. The van der Waals surface area contributed by atoms with Crippen molar-refractivity contribution in [1.82, 2.24) is 14.6 Å². The number of fused-ring (bicyclic) bond motifs is 1. The minimum Gasteiger partial charge on any atom is -0.384 e. The Balaban J connectivity index is 1.51. The minimum absolute atomic E-state index is 0.673. The van der Waals surface area contributed by atoms with Gasteiger partial charge in [-0.2, -0.15) is 0 Å². The van der Waals surface area contributed by atoms with Gasteiger partial charge in [-0.15, -0.1) is 5.10 Å². The molecule has 7 heteroatoms. The van der Waals surface area contributed by atoms with Crippen molar-refractivity contribution in [3.05, 3.63) is 35.5 Å². The molecule has 0 amide bonds. The van der Waals surface area contributed by atoms with E-state index in [1.807, 2.05) is 35.0 Å². The molecule has 0 spiro atoms. The average Bonchev–Trinajstić information content (AvgIpc) is 3.15. The van der Waals surface area contributed by atoms with Crippen LogP contribution in [0.25, 0.3) is 16.2 Å². The third-order valence-corrected chi connectivity index (χ3v) is 5.70. The number of hydrogen-bond acceptors (Lipinski definition) is 5. The summed E-state index contributed by atoms with van der Waals surface area (Å²) in [4.78, 5) is 7.98. The normalized spacial score (nSPS) is 16.2. The lowest BCUT2D eigenvalue weighted by molar-refractivity contribution is 0.139. The van der Waals surface area contributed by atoms with E-state index in [-0.39, 0.29) is 0 Å². The van der Waals surface area contributed by atoms with Crippen molar-refractivity contribution in [3.63, 3.8) is 0 Å². The number of piperidine rings is 1. The molecule has 1 fully saturated rings. The fraction of sp³-hybridized carbons (Fsp3) is 0.412. The molecule has 24 heavy (non-hydrogen) atoms. The Morgan fingerprint density at radius 1 is 1.25 bits per heavy atom. The topological polar surface area (TPSA) is 42.7 Å². The summed E-state index contributed by atoms with van der Waals surface area (Å²) in [6, 6.07) is 7.73. The fourth-order valence-corrected chi connectivity index (χ4v) is 4.16. The van der Waals surface area contributed by atoms with Crippen molar-refractivity contribution >= 4 is 33.0 Å². The molecule has 4 rings (SSSR count). The number of methoxy groups -OCH3 is 1. The first kappa shape index (κ1) is 15.9. The second kappa shape index (κ2) is 6.70. The van der Waals surface area contributed by atoms with Crippen LogP contribution in [-0.4, -0.2) is 41.4 Å². The van der Waals surface area contributed by atoms with Crippen LogP contribution in [-0.2, 0) is 4.74 Å². The van der Waals surface area contributed by atoms with Crippen LogP contribution in [0.4, 0.5) is 5.13 Å². The van der Waals surface area contributed by atoms with Crippen LogP contribution in [0, 0.1) is 5.92 Å². The average molecular weight is 363 g/mol. The lowest BCUT2D eigenvalue weighted by Gasteiger charge is -2.30. The van der Waals surface area contributed by atoms with Crippen molar-refractivity contribution < 1.29 is 4.74 Å². The van der Waals surface area contributed by atoms with Crippen molar-refractivity contribution in [3.8, 4) is 11.3 Å². The number of imidazole rings is 1. The smallest absolute Gasteiger partial charge is 0.214 e. The molecule has 126 valence electrons. The van der Waals surface area contributed by atoms with Gasteiger partial charge in [0.15, 0.2) is 0 Å². The van der Waals surface area contributed by atoms with Gasteiger partial charge in [-0.05, 0) is 30.9 Å². The van der Waals surface area contributed by atoms with Crippen LogP contribution in [0.15, 0.2) is 30.5 Å². The summed E-state index contributed by atoms with van der Waals surface area (Å²) in [5, 5.41) is 6.50. The number of nitrogens with zero attached hydrogens (tertiary/aromatic N) is 4. The van der Waals surface area contributed by atoms with Gasteiger partial charge < -0.3 is 9.64 Å². The SMILES string of the molecule is COCC1CCN(c2nn3cc(-c4ccc(Cl)cc4)nc3s2)CC1. The van der Waals surface area contributed by atoms with Crippen LogP contribution in [0.2, 0.25) is 5.02 Å². The van der Waals surface area contributed by atoms with Crippen LogP contribution in [0.5, 0.6) is 0 Å². The Bertz CT molecular complexity index is 789. The third kappa shape index (κ3) is 3.14. The van der Waals surface area contributed by atoms with Gasteiger partial charge in [0.2, 0.25) is 10.1 Å². The van der Waals surface area contributed by atoms with Crippen LogP contribution < -0.4 is 4.90 Å². The quantitative estimate of drug-likeness (QED) is 0.704. The molecular formula is C17H19ClN4OS. The molecule has 1 aliphatic rings. The monoisotopic (exact) mass is 362 g/mol. The second-order valence-corrected chi connectivity index (χ2v) is 7.50. The van der Waals surface area contributed by atoms with Crippen molar-refractivity contribution in [2.75, 3.05) is 31.7 Å². The van der Waals surface area contributed by atoms with E-state index < -0.39 is 0 Å². The summed E-state index contributed by atoms with van der Waals surface area (Å²) < 4.78 is 7.15. The summed E-state index contributed by atoms with van der Waals surface area (Å²) in [6.45, 7) is 2.93. The van der Waals surface area contributed by atoms with Crippen LogP contribution in [0.1, 0.15) is 12.8 Å². The van der Waals surface area contributed by atoms with Crippen LogP contribution >= 0.6 is 22.9 Å². The minimum atomic E-state index is 0.673. The fourth-order valence-electron chi connectivity index (χ4n) is 3.10. The third-order valence-electron chi connectivity index (χ3n) is 4.46. The number of hydrogen-bond donors (Lipinski definition) is 0. The molecule has 0 unspecified atom stereocenters. The molecular weight excluding hydrogens is 344 g/mol. The van der Waals surface area contributed by atoms with E-state index in [0.29, 0.717) is 5.92 Å². The zero-order valence-electron chi connectivity index (χ0n) is 13.5. The van der Waals surface area contributed by atoms with Gasteiger partial charge in [0, 0.05) is 37.4 Å². The Hall–Kier alpha value is -1.63. The highest BCUT2D eigenvalue weighted by atomic mass is 35.5. The highest BCUT2D eigenvalue weighted by Crippen LogP contribution is 2.30. The van der Waals surface area contributed by atoms with Crippen molar-refractivity contribution in [2.24, 2.45) is 5.92 Å². The number of rotatable bonds is 4. The second-order valence-electron chi connectivity index (χ2n) is 6.13. The molecule has 0 saturated carbocycles. The lowest BCUT2D eigenvalue weighted by atomic mass is 9.98. The molecule has 2 aromatic heterocycles. The van der Waals surface area contributed by atoms with E-state index in [9.17, 15) is 0 Å². The van der Waals surface area contributed by atoms with Gasteiger partial charge in [-0.25, -0.2) is 9.50 Å². The summed E-state index contributed by atoms with van der Waals surface area (Å²) in [5.74, 6) is 0.673. The molecule has 1 aliphatic heterocycles. The summed E-state index contributed by atoms with van der Waals surface area (Å²) in [7, 11) is 1.78. The maximum absolute atomic E-state index is 5.94. The number of ether oxygens (including phenoxy) is 1. The predicted octanol–water partition coefficient (Wildman–Crippen LogP) is 3.97. The molecule has 0 atom stereocenters. The molecule has 0 bridgehead atoms. The maximum Gasteiger partial charge on any atom is 0.214 e. The van der Waals surface area contributed by atoms with Gasteiger partial charge >= 0.3 is 0 Å². The summed E-state index contributed by atoms with van der Waals surface area (Å²) >= 11 is 7.59. The molecule has 3 aromatic rings.